The number of fused-ring (bicyclic) bond motifs is 2. The molecule has 1 aliphatic heterocycles. The summed E-state index contributed by atoms with van der Waals surface area (Å²) in [5.74, 6) is -0.441. The average Bonchev–Trinajstić information content (AvgIpc) is 3.65. The Morgan fingerprint density at radius 2 is 1.97 bits per heavy atom. The lowest BCUT2D eigenvalue weighted by Crippen LogP contribution is -2.50. The van der Waals surface area contributed by atoms with E-state index >= 15 is 4.39 Å². The number of piperidine rings is 1. The van der Waals surface area contributed by atoms with Crippen molar-refractivity contribution in [3.8, 4) is 0 Å². The maximum Gasteiger partial charge on any atom is 0.245 e. The molecule has 0 radical (unpaired) electrons. The number of nitrogens with zero attached hydrogens (tertiary/aromatic N) is 4. The Balaban J connectivity index is 1.19. The lowest BCUT2D eigenvalue weighted by Gasteiger charge is -2.27. The van der Waals surface area contributed by atoms with Crippen molar-refractivity contribution in [1.29, 1.82) is 0 Å². The lowest BCUT2D eigenvalue weighted by atomic mass is 10.1. The van der Waals surface area contributed by atoms with Crippen molar-refractivity contribution in [1.82, 2.24) is 25.0 Å². The highest BCUT2D eigenvalue weighted by molar-refractivity contribution is 6.04. The summed E-state index contributed by atoms with van der Waals surface area (Å²) in [4.78, 5) is 44.2. The zero-order valence-electron chi connectivity index (χ0n) is 18.6. The van der Waals surface area contributed by atoms with E-state index in [1.54, 1.807) is 47.6 Å². The minimum absolute atomic E-state index is 0.0268. The van der Waals surface area contributed by atoms with Gasteiger partial charge in [0.05, 0.1) is 17.8 Å². The van der Waals surface area contributed by atoms with E-state index in [1.807, 2.05) is 6.07 Å². The number of carbonyl (C=O) groups is 3. The maximum absolute atomic E-state index is 15.2. The van der Waals surface area contributed by atoms with Crippen LogP contribution >= 0.6 is 0 Å². The van der Waals surface area contributed by atoms with Crippen LogP contribution in [0.2, 0.25) is 0 Å². The van der Waals surface area contributed by atoms with Crippen LogP contribution in [-0.4, -0.2) is 55.4 Å². The number of hydrogen-bond acceptors (Lipinski definition) is 5. The summed E-state index contributed by atoms with van der Waals surface area (Å²) in [6, 6.07) is 9.37. The van der Waals surface area contributed by atoms with Gasteiger partial charge in [0.2, 0.25) is 11.8 Å². The fourth-order valence-corrected chi connectivity index (χ4v) is 5.37. The molecular formula is C25H24FN5O3. The second-order valence-corrected chi connectivity index (χ2v) is 9.56. The normalized spacial score (nSPS) is 29.1. The number of Topliss-reactive ketones (excluding diaryl/α,β-unsaturated/α-hetero) is 1. The van der Waals surface area contributed by atoms with Crippen LogP contribution in [0.15, 0.2) is 48.8 Å². The Morgan fingerprint density at radius 3 is 2.74 bits per heavy atom. The van der Waals surface area contributed by atoms with Gasteiger partial charge >= 0.3 is 0 Å². The average molecular weight is 461 g/mol. The van der Waals surface area contributed by atoms with Gasteiger partial charge in [0.1, 0.15) is 18.3 Å². The van der Waals surface area contributed by atoms with Crippen LogP contribution in [0.5, 0.6) is 0 Å². The predicted octanol–water partition coefficient (Wildman–Crippen LogP) is 2.38. The largest absolute Gasteiger partial charge is 0.348 e. The second kappa shape index (κ2) is 7.44. The van der Waals surface area contributed by atoms with E-state index in [9.17, 15) is 14.4 Å². The summed E-state index contributed by atoms with van der Waals surface area (Å²) in [7, 11) is 0. The Morgan fingerprint density at radius 1 is 1.18 bits per heavy atom. The quantitative estimate of drug-likeness (QED) is 0.569. The number of rotatable bonds is 6. The smallest absolute Gasteiger partial charge is 0.245 e. The van der Waals surface area contributed by atoms with E-state index in [4.69, 9.17) is 0 Å². The van der Waals surface area contributed by atoms with Gasteiger partial charge in [-0.25, -0.2) is 4.39 Å². The van der Waals surface area contributed by atoms with Crippen molar-refractivity contribution >= 4 is 28.5 Å². The summed E-state index contributed by atoms with van der Waals surface area (Å²) in [5, 5.41) is 7.83. The Hall–Kier alpha value is -3.62. The van der Waals surface area contributed by atoms with Crippen molar-refractivity contribution in [3.05, 3.63) is 60.0 Å². The van der Waals surface area contributed by atoms with Crippen molar-refractivity contribution in [3.63, 3.8) is 0 Å². The third kappa shape index (κ3) is 3.29. The Labute approximate surface area is 195 Å². The molecule has 1 aromatic carbocycles. The number of halogens is 1. The van der Waals surface area contributed by atoms with Gasteiger partial charge in [0.15, 0.2) is 11.5 Å². The SMILES string of the molecule is CC(=O)c1nn(CC(=O)N2[C@@H]3C[C@@H]3C[C@H]2C(=O)N[C@H]2C[C@@]2(F)c2ccccc2)c2cnccc12. The second-order valence-electron chi connectivity index (χ2n) is 9.56. The molecule has 0 unspecified atom stereocenters. The molecule has 2 saturated carbocycles. The van der Waals surface area contributed by atoms with Gasteiger partial charge in [0, 0.05) is 31.0 Å². The molecule has 8 nitrogen and oxygen atoms in total. The molecule has 3 aliphatic rings. The van der Waals surface area contributed by atoms with Gasteiger partial charge in [-0.2, -0.15) is 5.10 Å². The number of carbonyl (C=O) groups excluding carboxylic acids is 3. The number of aromatic nitrogens is 3. The van der Waals surface area contributed by atoms with E-state index in [-0.39, 0.29) is 36.6 Å². The van der Waals surface area contributed by atoms with Crippen molar-refractivity contribution < 1.29 is 18.8 Å². The standard InChI is InChI=1S/C25H24FN5O3/c1-14(32)23-17-7-8-27-12-20(17)30(29-23)13-22(33)31-18-9-15(18)10-19(31)24(34)28-21-11-25(21,26)16-5-3-2-4-6-16/h2-8,12,15,18-19,21H,9-11,13H2,1H3,(H,28,34)/t15-,18-,19+,21+,25-/m1/s1. The number of benzene rings is 1. The van der Waals surface area contributed by atoms with E-state index < -0.39 is 17.8 Å². The van der Waals surface area contributed by atoms with E-state index in [0.29, 0.717) is 34.5 Å². The van der Waals surface area contributed by atoms with Gasteiger partial charge in [-0.3, -0.25) is 24.0 Å². The first-order valence-electron chi connectivity index (χ1n) is 11.5. The lowest BCUT2D eigenvalue weighted by molar-refractivity contribution is -0.140. The highest BCUT2D eigenvalue weighted by Gasteiger charge is 2.60. The zero-order chi connectivity index (χ0) is 23.6. The first kappa shape index (κ1) is 20.9. The van der Waals surface area contributed by atoms with Gasteiger partial charge < -0.3 is 10.2 Å². The molecule has 0 bridgehead atoms. The number of ketones is 1. The van der Waals surface area contributed by atoms with Gasteiger partial charge in [-0.15, -0.1) is 0 Å². The fourth-order valence-electron chi connectivity index (χ4n) is 5.37. The zero-order valence-corrected chi connectivity index (χ0v) is 18.6. The molecule has 3 fully saturated rings. The number of likely N-dealkylation sites (tertiary alicyclic amines) is 1. The van der Waals surface area contributed by atoms with Crippen molar-refractivity contribution in [2.75, 3.05) is 0 Å². The molecular weight excluding hydrogens is 437 g/mol. The number of alkyl halides is 1. The summed E-state index contributed by atoms with van der Waals surface area (Å²) in [6.45, 7) is 1.34. The highest BCUT2D eigenvalue weighted by Crippen LogP contribution is 2.51. The van der Waals surface area contributed by atoms with E-state index in [0.717, 1.165) is 6.42 Å². The van der Waals surface area contributed by atoms with Crippen LogP contribution < -0.4 is 5.32 Å². The van der Waals surface area contributed by atoms with Gasteiger partial charge in [0.25, 0.3) is 0 Å². The summed E-state index contributed by atoms with van der Waals surface area (Å²) in [6.07, 6.45) is 4.84. The third-order valence-electron chi connectivity index (χ3n) is 7.33. The molecule has 0 spiro atoms. The summed E-state index contributed by atoms with van der Waals surface area (Å²) >= 11 is 0. The molecule has 9 heteroatoms. The van der Waals surface area contributed by atoms with Crippen LogP contribution in [0.25, 0.3) is 10.9 Å². The van der Waals surface area contributed by atoms with E-state index in [2.05, 4.69) is 15.4 Å². The molecule has 3 aromatic rings. The van der Waals surface area contributed by atoms with Crippen molar-refractivity contribution in [2.45, 2.75) is 56.5 Å². The molecule has 5 atom stereocenters. The monoisotopic (exact) mass is 461 g/mol. The van der Waals surface area contributed by atoms with Crippen LogP contribution in [0.1, 0.15) is 42.2 Å². The summed E-state index contributed by atoms with van der Waals surface area (Å²) < 4.78 is 16.7. The Kier molecular flexibility index (Phi) is 4.59. The molecule has 2 amide bonds. The molecule has 6 rings (SSSR count). The molecule has 3 heterocycles. The van der Waals surface area contributed by atoms with Gasteiger partial charge in [-0.05, 0) is 30.4 Å². The highest BCUT2D eigenvalue weighted by atomic mass is 19.1. The third-order valence-corrected chi connectivity index (χ3v) is 7.33. The van der Waals surface area contributed by atoms with Gasteiger partial charge in [-0.1, -0.05) is 30.3 Å². The van der Waals surface area contributed by atoms with Crippen LogP contribution in [-0.2, 0) is 21.8 Å². The minimum atomic E-state index is -1.56. The minimum Gasteiger partial charge on any atom is -0.348 e. The molecule has 174 valence electrons. The van der Waals surface area contributed by atoms with Crippen LogP contribution in [0.3, 0.4) is 0 Å². The van der Waals surface area contributed by atoms with Crippen LogP contribution in [0, 0.1) is 5.92 Å². The molecule has 2 aromatic heterocycles. The summed E-state index contributed by atoms with van der Waals surface area (Å²) in [5.41, 5.74) is -0.115. The number of amides is 2. The molecule has 1 N–H and O–H groups in total. The molecule has 34 heavy (non-hydrogen) atoms. The number of hydrogen-bond donors (Lipinski definition) is 1. The maximum atomic E-state index is 15.2. The first-order valence-corrected chi connectivity index (χ1v) is 11.5. The predicted molar refractivity (Wildman–Crippen MR) is 120 cm³/mol. The van der Waals surface area contributed by atoms with E-state index in [1.165, 1.54) is 11.6 Å². The number of pyridine rings is 1. The fraction of sp³-hybridized carbons (Fsp3) is 0.400. The van der Waals surface area contributed by atoms with Crippen molar-refractivity contribution in [2.24, 2.45) is 5.92 Å². The first-order chi connectivity index (χ1) is 16.4. The molecule has 1 saturated heterocycles. The number of nitrogens with one attached hydrogen (secondary N) is 1. The topological polar surface area (TPSA) is 97.2 Å². The Bertz CT molecular complexity index is 1320. The molecule has 2 aliphatic carbocycles. The van der Waals surface area contributed by atoms with Crippen LogP contribution in [0.4, 0.5) is 4.39 Å².